The van der Waals surface area contributed by atoms with Crippen LogP contribution in [0.15, 0.2) is 35.2 Å². The quantitative estimate of drug-likeness (QED) is 0.783. The predicted molar refractivity (Wildman–Crippen MR) is 66.1 cm³/mol. The molecule has 2 N–H and O–H groups in total. The molecule has 0 aliphatic carbocycles. The molecule has 1 aromatic heterocycles. The Kier molecular flexibility index (Phi) is 4.25. The summed E-state index contributed by atoms with van der Waals surface area (Å²) in [5.41, 5.74) is 1.28. The lowest BCUT2D eigenvalue weighted by molar-refractivity contribution is 0.282. The molecule has 0 bridgehead atoms. The maximum absolute atomic E-state index is 11.8. The first-order chi connectivity index (χ1) is 9.09. The van der Waals surface area contributed by atoms with Gasteiger partial charge in [0, 0.05) is 0 Å². The molecular weight excluding hydrogens is 270 g/mol. The Balaban J connectivity index is 2.00. The maximum Gasteiger partial charge on any atom is 0.216 e. The van der Waals surface area contributed by atoms with Crippen molar-refractivity contribution in [2.45, 2.75) is 18.9 Å². The Morgan fingerprint density at radius 3 is 2.79 bits per heavy atom. The fourth-order valence-electron chi connectivity index (χ4n) is 1.53. The number of nitrogens with one attached hydrogen (secondary N) is 1. The van der Waals surface area contributed by atoms with Crippen molar-refractivity contribution in [1.82, 2.24) is 14.9 Å². The Morgan fingerprint density at radius 2 is 2.11 bits per heavy atom. The van der Waals surface area contributed by atoms with E-state index in [-0.39, 0.29) is 24.7 Å². The number of rotatable bonds is 6. The van der Waals surface area contributed by atoms with Gasteiger partial charge in [0.1, 0.15) is 0 Å². The highest BCUT2D eigenvalue weighted by Crippen LogP contribution is 2.09. The molecule has 19 heavy (non-hydrogen) atoms. The molecule has 0 aliphatic rings. The normalized spacial score (nSPS) is 11.6. The first-order valence-corrected chi connectivity index (χ1v) is 7.15. The number of aliphatic hydroxyl groups is 1. The molecule has 0 fully saturated rings. The van der Waals surface area contributed by atoms with Gasteiger partial charge < -0.3 is 9.63 Å². The van der Waals surface area contributed by atoms with E-state index in [0.29, 0.717) is 11.1 Å². The van der Waals surface area contributed by atoms with E-state index in [1.807, 2.05) is 0 Å². The Hall–Kier alpha value is -1.77. The third kappa shape index (κ3) is 4.12. The Bertz CT molecular complexity index is 625. The number of hydrogen-bond acceptors (Lipinski definition) is 6. The number of aromatic nitrogens is 2. The largest absolute Gasteiger partial charge is 0.392 e. The summed E-state index contributed by atoms with van der Waals surface area (Å²) < 4.78 is 30.5. The van der Waals surface area contributed by atoms with Gasteiger partial charge in [-0.05, 0) is 11.1 Å². The smallest absolute Gasteiger partial charge is 0.216 e. The highest BCUT2D eigenvalue weighted by Gasteiger charge is 2.12. The van der Waals surface area contributed by atoms with Crippen molar-refractivity contribution in [1.29, 1.82) is 0 Å². The molecule has 2 aromatic rings. The van der Waals surface area contributed by atoms with Crippen molar-refractivity contribution < 1.29 is 18.0 Å². The monoisotopic (exact) mass is 283 g/mol. The molecule has 2 rings (SSSR count). The summed E-state index contributed by atoms with van der Waals surface area (Å²) in [5, 5.41) is 12.5. The van der Waals surface area contributed by atoms with Crippen molar-refractivity contribution in [2.24, 2.45) is 0 Å². The van der Waals surface area contributed by atoms with Gasteiger partial charge in [-0.2, -0.15) is 4.98 Å². The van der Waals surface area contributed by atoms with Crippen LogP contribution in [0.5, 0.6) is 0 Å². The van der Waals surface area contributed by atoms with Gasteiger partial charge in [-0.15, -0.1) is 0 Å². The fourth-order valence-corrected chi connectivity index (χ4v) is 2.60. The van der Waals surface area contributed by atoms with Gasteiger partial charge in [-0.25, -0.2) is 13.1 Å². The maximum atomic E-state index is 11.8. The SMILES string of the molecule is O=S(=O)(Cc1cccc(CO)c1)NCc1ncon1. The second kappa shape index (κ2) is 5.91. The van der Waals surface area contributed by atoms with E-state index >= 15 is 0 Å². The molecule has 0 saturated carbocycles. The summed E-state index contributed by atoms with van der Waals surface area (Å²) in [6, 6.07) is 6.76. The van der Waals surface area contributed by atoms with E-state index in [0.717, 1.165) is 6.39 Å². The van der Waals surface area contributed by atoms with Crippen molar-refractivity contribution in [3.63, 3.8) is 0 Å². The van der Waals surface area contributed by atoms with Crippen LogP contribution in [-0.2, 0) is 28.9 Å². The van der Waals surface area contributed by atoms with Crippen LogP contribution >= 0.6 is 0 Å². The molecule has 7 nitrogen and oxygen atoms in total. The molecule has 8 heteroatoms. The van der Waals surface area contributed by atoms with Gasteiger partial charge in [0.15, 0.2) is 5.82 Å². The van der Waals surface area contributed by atoms with E-state index in [1.165, 1.54) is 0 Å². The van der Waals surface area contributed by atoms with Crippen molar-refractivity contribution in [3.05, 3.63) is 47.6 Å². The van der Waals surface area contributed by atoms with Crippen LogP contribution in [-0.4, -0.2) is 23.7 Å². The summed E-state index contributed by atoms with van der Waals surface area (Å²) in [6.07, 6.45) is 1.13. The molecule has 0 unspecified atom stereocenters. The summed E-state index contributed by atoms with van der Waals surface area (Å²) in [4.78, 5) is 3.72. The molecule has 0 saturated heterocycles. The predicted octanol–water partition coefficient (Wildman–Crippen LogP) is 0.182. The van der Waals surface area contributed by atoms with Crippen LogP contribution < -0.4 is 4.72 Å². The van der Waals surface area contributed by atoms with Crippen LogP contribution in [0.4, 0.5) is 0 Å². The third-order valence-corrected chi connectivity index (χ3v) is 3.69. The van der Waals surface area contributed by atoms with Crippen molar-refractivity contribution in [2.75, 3.05) is 0 Å². The fraction of sp³-hybridized carbons (Fsp3) is 0.273. The molecule has 1 heterocycles. The van der Waals surface area contributed by atoms with Gasteiger partial charge in [0.05, 0.1) is 18.9 Å². The topological polar surface area (TPSA) is 105 Å². The minimum absolute atomic E-state index is 0.0154. The van der Waals surface area contributed by atoms with Crippen molar-refractivity contribution >= 4 is 10.0 Å². The number of aliphatic hydroxyl groups excluding tert-OH is 1. The zero-order valence-corrected chi connectivity index (χ0v) is 10.8. The number of hydrogen-bond donors (Lipinski definition) is 2. The number of sulfonamides is 1. The molecule has 1 aromatic carbocycles. The third-order valence-electron chi connectivity index (χ3n) is 2.39. The number of nitrogens with zero attached hydrogens (tertiary/aromatic N) is 2. The van der Waals surface area contributed by atoms with Crippen LogP contribution in [0, 0.1) is 0 Å². The minimum Gasteiger partial charge on any atom is -0.392 e. The van der Waals surface area contributed by atoms with E-state index in [2.05, 4.69) is 19.4 Å². The lowest BCUT2D eigenvalue weighted by Crippen LogP contribution is -2.25. The Morgan fingerprint density at radius 1 is 1.32 bits per heavy atom. The second-order valence-electron chi connectivity index (χ2n) is 3.91. The second-order valence-corrected chi connectivity index (χ2v) is 5.71. The molecule has 0 aliphatic heterocycles. The summed E-state index contributed by atoms with van der Waals surface area (Å²) in [6.45, 7) is -0.136. The van der Waals surface area contributed by atoms with Crippen molar-refractivity contribution in [3.8, 4) is 0 Å². The van der Waals surface area contributed by atoms with E-state index in [1.54, 1.807) is 24.3 Å². The van der Waals surface area contributed by atoms with E-state index in [9.17, 15) is 8.42 Å². The van der Waals surface area contributed by atoms with Gasteiger partial charge in [-0.1, -0.05) is 29.4 Å². The van der Waals surface area contributed by atoms with Crippen LogP contribution in [0.25, 0.3) is 0 Å². The molecule has 0 atom stereocenters. The molecular formula is C11H13N3O4S. The highest BCUT2D eigenvalue weighted by molar-refractivity contribution is 7.88. The summed E-state index contributed by atoms with van der Waals surface area (Å²) in [7, 11) is -3.49. The van der Waals surface area contributed by atoms with Gasteiger partial charge >= 0.3 is 0 Å². The minimum atomic E-state index is -3.49. The standard InChI is InChI=1S/C11H13N3O4S/c15-6-9-2-1-3-10(4-9)7-19(16,17)13-5-11-12-8-18-14-11/h1-4,8,13,15H,5-7H2. The molecule has 0 spiro atoms. The lowest BCUT2D eigenvalue weighted by Gasteiger charge is -2.06. The Labute approximate surface area is 110 Å². The highest BCUT2D eigenvalue weighted by atomic mass is 32.2. The average Bonchev–Trinajstić information content (AvgIpc) is 2.89. The van der Waals surface area contributed by atoms with E-state index in [4.69, 9.17) is 5.11 Å². The van der Waals surface area contributed by atoms with Crippen LogP contribution in [0.2, 0.25) is 0 Å². The van der Waals surface area contributed by atoms with Gasteiger partial charge in [0.2, 0.25) is 16.4 Å². The average molecular weight is 283 g/mol. The summed E-state index contributed by atoms with van der Waals surface area (Å²) in [5.74, 6) is 0.103. The molecule has 102 valence electrons. The zero-order chi connectivity index (χ0) is 13.7. The zero-order valence-electron chi connectivity index (χ0n) is 9.98. The molecule has 0 amide bonds. The first kappa shape index (κ1) is 13.7. The van der Waals surface area contributed by atoms with Crippen LogP contribution in [0.1, 0.15) is 17.0 Å². The molecule has 0 radical (unpaired) electrons. The van der Waals surface area contributed by atoms with Gasteiger partial charge in [0.25, 0.3) is 0 Å². The van der Waals surface area contributed by atoms with Gasteiger partial charge in [-0.3, -0.25) is 0 Å². The van der Waals surface area contributed by atoms with Crippen LogP contribution in [0.3, 0.4) is 0 Å². The van der Waals surface area contributed by atoms with E-state index < -0.39 is 10.0 Å². The lowest BCUT2D eigenvalue weighted by atomic mass is 10.1. The summed E-state index contributed by atoms with van der Waals surface area (Å²) >= 11 is 0. The number of benzene rings is 1. The first-order valence-electron chi connectivity index (χ1n) is 5.50.